The van der Waals surface area contributed by atoms with Gasteiger partial charge in [-0.05, 0) is 20.8 Å². The lowest BCUT2D eigenvalue weighted by molar-refractivity contribution is 0.141. The van der Waals surface area contributed by atoms with Gasteiger partial charge in [-0.1, -0.05) is 0 Å². The molecule has 0 spiro atoms. The minimum Gasteiger partial charge on any atom is -0.444 e. The van der Waals surface area contributed by atoms with Crippen LogP contribution >= 0.6 is 7.60 Å². The van der Waals surface area contributed by atoms with Gasteiger partial charge in [-0.15, -0.1) is 0 Å². The Morgan fingerprint density at radius 1 is 1.38 bits per heavy atom. The van der Waals surface area contributed by atoms with Gasteiger partial charge in [0.15, 0.2) is 0 Å². The number of hydrogen-bond acceptors (Lipinski definition) is 5. The van der Waals surface area contributed by atoms with E-state index in [1.165, 1.54) is 0 Å². The molecule has 6 nitrogen and oxygen atoms in total. The van der Waals surface area contributed by atoms with Crippen LogP contribution in [-0.2, 0) is 18.3 Å². The number of rotatable bonds is 6. The Bertz CT molecular complexity index is 286. The molecule has 1 amide bonds. The smallest absolute Gasteiger partial charge is 0.407 e. The molecule has 16 heavy (non-hydrogen) atoms. The fraction of sp³-hybridized carbons (Fsp3) is 0.889. The second-order valence-electron chi connectivity index (χ2n) is 3.49. The minimum absolute atomic E-state index is 0.140. The molecule has 0 aromatic rings. The third-order valence-electron chi connectivity index (χ3n) is 2.23. The largest absolute Gasteiger partial charge is 0.444 e. The fourth-order valence-corrected chi connectivity index (χ4v) is 3.47. The van der Waals surface area contributed by atoms with Gasteiger partial charge in [0.05, 0.1) is 25.4 Å². The lowest BCUT2D eigenvalue weighted by atomic mass is 10.2. The second-order valence-corrected chi connectivity index (χ2v) is 5.59. The highest BCUT2D eigenvalue weighted by Crippen LogP contribution is 2.49. The molecule has 0 bridgehead atoms. The summed E-state index contributed by atoms with van der Waals surface area (Å²) in [5, 5.41) is 2.58. The minimum atomic E-state index is -3.13. The summed E-state index contributed by atoms with van der Waals surface area (Å²) in [6.45, 7) is 5.86. The van der Waals surface area contributed by atoms with E-state index >= 15 is 0 Å². The van der Waals surface area contributed by atoms with Crippen molar-refractivity contribution in [3.63, 3.8) is 0 Å². The van der Waals surface area contributed by atoms with Crippen molar-refractivity contribution in [2.45, 2.75) is 32.9 Å². The molecule has 0 aliphatic carbocycles. The van der Waals surface area contributed by atoms with Crippen LogP contribution in [0.3, 0.4) is 0 Å². The summed E-state index contributed by atoms with van der Waals surface area (Å²) in [4.78, 5) is 11.0. The monoisotopic (exact) mass is 251 g/mol. The average molecular weight is 251 g/mol. The van der Waals surface area contributed by atoms with E-state index in [0.717, 1.165) is 0 Å². The first-order valence-electron chi connectivity index (χ1n) is 5.36. The SMILES string of the molecule is CCOP(=O)(C[C@H]1NC(=O)O[C@H]1C)OCC. The molecule has 1 rings (SSSR count). The van der Waals surface area contributed by atoms with Crippen molar-refractivity contribution in [3.8, 4) is 0 Å². The van der Waals surface area contributed by atoms with Gasteiger partial charge < -0.3 is 19.1 Å². The summed E-state index contributed by atoms with van der Waals surface area (Å²) in [5.74, 6) is 0. The third-order valence-corrected chi connectivity index (χ3v) is 4.38. The maximum absolute atomic E-state index is 12.2. The first kappa shape index (κ1) is 13.5. The van der Waals surface area contributed by atoms with Crippen molar-refractivity contribution in [3.05, 3.63) is 0 Å². The Labute approximate surface area is 95.2 Å². The lowest BCUT2D eigenvalue weighted by Gasteiger charge is -2.21. The molecular weight excluding hydrogens is 233 g/mol. The number of hydrogen-bond donors (Lipinski definition) is 1. The molecule has 1 N–H and O–H groups in total. The standard InChI is InChI=1S/C9H18NO5P/c1-4-13-16(12,14-5-2)6-8-7(3)15-9(11)10-8/h7-8H,4-6H2,1-3H3,(H,10,11)/t7-,8+/m0/s1. The Morgan fingerprint density at radius 3 is 2.31 bits per heavy atom. The van der Waals surface area contributed by atoms with E-state index in [1.54, 1.807) is 20.8 Å². The molecule has 1 aliphatic heterocycles. The van der Waals surface area contributed by atoms with Crippen LogP contribution in [-0.4, -0.2) is 37.6 Å². The second kappa shape index (κ2) is 5.66. The molecule has 1 heterocycles. The molecule has 2 atom stereocenters. The van der Waals surface area contributed by atoms with Crippen LogP contribution in [0.25, 0.3) is 0 Å². The molecule has 7 heteroatoms. The summed E-state index contributed by atoms with van der Waals surface area (Å²) in [7, 11) is -3.13. The highest BCUT2D eigenvalue weighted by atomic mass is 31.2. The first-order chi connectivity index (χ1) is 7.50. The molecule has 0 saturated carbocycles. The number of ether oxygens (including phenoxy) is 1. The molecule has 0 aromatic heterocycles. The zero-order valence-electron chi connectivity index (χ0n) is 9.76. The third kappa shape index (κ3) is 3.47. The van der Waals surface area contributed by atoms with Crippen molar-refractivity contribution in [2.24, 2.45) is 0 Å². The predicted molar refractivity (Wildman–Crippen MR) is 58.6 cm³/mol. The number of cyclic esters (lactones) is 1. The van der Waals surface area contributed by atoms with Crippen LogP contribution in [0.4, 0.5) is 4.79 Å². The van der Waals surface area contributed by atoms with Gasteiger partial charge in [-0.2, -0.15) is 0 Å². The first-order valence-corrected chi connectivity index (χ1v) is 7.08. The Kier molecular flexibility index (Phi) is 4.77. The molecule has 0 radical (unpaired) electrons. The highest BCUT2D eigenvalue weighted by molar-refractivity contribution is 7.53. The number of carbonyl (C=O) groups is 1. The van der Waals surface area contributed by atoms with E-state index in [2.05, 4.69) is 5.32 Å². The van der Waals surface area contributed by atoms with Crippen LogP contribution in [0.15, 0.2) is 0 Å². The van der Waals surface area contributed by atoms with Gasteiger partial charge in [0, 0.05) is 0 Å². The van der Waals surface area contributed by atoms with Gasteiger partial charge in [0.2, 0.25) is 0 Å². The predicted octanol–water partition coefficient (Wildman–Crippen LogP) is 1.75. The van der Waals surface area contributed by atoms with E-state index in [-0.39, 0.29) is 18.3 Å². The highest BCUT2D eigenvalue weighted by Gasteiger charge is 2.37. The number of carbonyl (C=O) groups excluding carboxylic acids is 1. The number of nitrogens with one attached hydrogen (secondary N) is 1. The van der Waals surface area contributed by atoms with E-state index in [1.807, 2.05) is 0 Å². The van der Waals surface area contributed by atoms with E-state index in [0.29, 0.717) is 13.2 Å². The summed E-state index contributed by atoms with van der Waals surface area (Å²) in [6.07, 6.45) is -0.666. The molecule has 1 fully saturated rings. The van der Waals surface area contributed by atoms with Gasteiger partial charge >= 0.3 is 13.7 Å². The number of alkyl carbamates (subject to hydrolysis) is 1. The molecule has 94 valence electrons. The Hall–Kier alpha value is -0.580. The van der Waals surface area contributed by atoms with Gasteiger partial charge in [-0.25, -0.2) is 4.79 Å². The Balaban J connectivity index is 2.61. The van der Waals surface area contributed by atoms with Crippen molar-refractivity contribution >= 4 is 13.7 Å². The fourth-order valence-electron chi connectivity index (χ4n) is 1.52. The zero-order chi connectivity index (χ0) is 12.2. The summed E-state index contributed by atoms with van der Waals surface area (Å²) < 4.78 is 27.3. The lowest BCUT2D eigenvalue weighted by Crippen LogP contribution is -2.34. The van der Waals surface area contributed by atoms with Gasteiger partial charge in [-0.3, -0.25) is 4.57 Å². The molecule has 1 aliphatic rings. The molecule has 1 saturated heterocycles. The zero-order valence-corrected chi connectivity index (χ0v) is 10.7. The van der Waals surface area contributed by atoms with Crippen LogP contribution in [0, 0.1) is 0 Å². The van der Waals surface area contributed by atoms with Crippen LogP contribution in [0.5, 0.6) is 0 Å². The van der Waals surface area contributed by atoms with Crippen LogP contribution in [0.2, 0.25) is 0 Å². The average Bonchev–Trinajstić information content (AvgIpc) is 2.45. The quantitative estimate of drug-likeness (QED) is 0.728. The normalized spacial score (nSPS) is 25.3. The number of amides is 1. The van der Waals surface area contributed by atoms with Crippen molar-refractivity contribution in [1.29, 1.82) is 0 Å². The summed E-state index contributed by atoms with van der Waals surface area (Å²) >= 11 is 0. The maximum Gasteiger partial charge on any atom is 0.407 e. The summed E-state index contributed by atoms with van der Waals surface area (Å²) in [6, 6.07) is -0.323. The van der Waals surface area contributed by atoms with E-state index in [4.69, 9.17) is 13.8 Å². The van der Waals surface area contributed by atoms with Crippen LogP contribution < -0.4 is 5.32 Å². The van der Waals surface area contributed by atoms with Gasteiger partial charge in [0.25, 0.3) is 0 Å². The molecule has 0 aromatic carbocycles. The van der Waals surface area contributed by atoms with E-state index in [9.17, 15) is 9.36 Å². The molecule has 0 unspecified atom stereocenters. The van der Waals surface area contributed by atoms with E-state index < -0.39 is 13.7 Å². The maximum atomic E-state index is 12.2. The van der Waals surface area contributed by atoms with Gasteiger partial charge in [0.1, 0.15) is 6.10 Å². The topological polar surface area (TPSA) is 73.9 Å². The van der Waals surface area contributed by atoms with Crippen molar-refractivity contribution in [2.75, 3.05) is 19.4 Å². The Morgan fingerprint density at radius 2 is 1.94 bits per heavy atom. The van der Waals surface area contributed by atoms with Crippen molar-refractivity contribution < 1.29 is 23.1 Å². The summed E-state index contributed by atoms with van der Waals surface area (Å²) in [5.41, 5.74) is 0. The van der Waals surface area contributed by atoms with Crippen molar-refractivity contribution in [1.82, 2.24) is 5.32 Å². The molecular formula is C9H18NO5P. The van der Waals surface area contributed by atoms with Crippen LogP contribution in [0.1, 0.15) is 20.8 Å².